The quantitative estimate of drug-likeness (QED) is 0.356. The number of fused-ring (bicyclic) bond motifs is 1. The van der Waals surface area contributed by atoms with Gasteiger partial charge in [0.15, 0.2) is 5.13 Å². The van der Waals surface area contributed by atoms with Crippen LogP contribution in [0.3, 0.4) is 0 Å². The van der Waals surface area contributed by atoms with Gasteiger partial charge in [-0.15, -0.1) is 0 Å². The Kier molecular flexibility index (Phi) is 6.63. The molecule has 1 unspecified atom stereocenters. The Bertz CT molecular complexity index is 1320. The maximum Gasteiger partial charge on any atom is 0.416 e. The first-order valence-corrected chi connectivity index (χ1v) is 11.1. The molecule has 8 heteroatoms. The molecule has 0 aliphatic rings. The second kappa shape index (κ2) is 9.61. The van der Waals surface area contributed by atoms with Gasteiger partial charge >= 0.3 is 6.18 Å². The minimum atomic E-state index is -4.34. The molecule has 1 atom stereocenters. The van der Waals surface area contributed by atoms with E-state index < -0.39 is 11.7 Å². The summed E-state index contributed by atoms with van der Waals surface area (Å²) < 4.78 is 38.2. The first kappa shape index (κ1) is 22.8. The van der Waals surface area contributed by atoms with Gasteiger partial charge in [0.05, 0.1) is 10.4 Å². The number of aromatic nitrogens is 2. The normalized spacial score (nSPS) is 12.3. The van der Waals surface area contributed by atoms with Crippen LogP contribution in [0.1, 0.15) is 23.7 Å². The fraction of sp³-hybridized carbons (Fsp3) is 0.200. The predicted octanol–water partition coefficient (Wildman–Crippen LogP) is 5.73. The van der Waals surface area contributed by atoms with Crippen LogP contribution in [-0.4, -0.2) is 22.6 Å². The van der Waals surface area contributed by atoms with E-state index in [1.165, 1.54) is 23.5 Å². The smallest absolute Gasteiger partial charge is 0.360 e. The predicted molar refractivity (Wildman–Crippen MR) is 127 cm³/mol. The third-order valence-electron chi connectivity index (χ3n) is 5.07. The van der Waals surface area contributed by atoms with Crippen LogP contribution in [0.2, 0.25) is 0 Å². The van der Waals surface area contributed by atoms with Gasteiger partial charge in [0.2, 0.25) is 0 Å². The number of thiazole rings is 1. The van der Waals surface area contributed by atoms with E-state index in [9.17, 15) is 13.2 Å². The molecule has 0 bridgehead atoms. The van der Waals surface area contributed by atoms with Crippen molar-refractivity contribution < 1.29 is 13.2 Å². The van der Waals surface area contributed by atoms with E-state index in [4.69, 9.17) is 5.73 Å². The van der Waals surface area contributed by atoms with Gasteiger partial charge < -0.3 is 11.1 Å². The number of nitrogens with one attached hydrogen (secondary N) is 1. The van der Waals surface area contributed by atoms with E-state index in [0.29, 0.717) is 23.8 Å². The number of pyridine rings is 1. The lowest BCUT2D eigenvalue weighted by Crippen LogP contribution is -2.31. The lowest BCUT2D eigenvalue weighted by Gasteiger charge is -2.13. The molecule has 2 aromatic heterocycles. The first-order valence-electron chi connectivity index (χ1n) is 10.3. The summed E-state index contributed by atoms with van der Waals surface area (Å²) in [7, 11) is 0. The summed E-state index contributed by atoms with van der Waals surface area (Å²) in [5, 5.41) is 6.09. The van der Waals surface area contributed by atoms with Crippen LogP contribution in [0.15, 0.2) is 60.9 Å². The van der Waals surface area contributed by atoms with Crippen LogP contribution in [0.4, 0.5) is 18.3 Å². The average molecular weight is 467 g/mol. The Hall–Kier alpha value is -3.41. The molecule has 4 aromatic rings. The second-order valence-electron chi connectivity index (χ2n) is 7.55. The highest BCUT2D eigenvalue weighted by molar-refractivity contribution is 7.19. The molecule has 0 saturated heterocycles. The van der Waals surface area contributed by atoms with E-state index in [1.807, 2.05) is 24.4 Å². The molecular formula is C25H21F3N4S. The van der Waals surface area contributed by atoms with Crippen molar-refractivity contribution in [1.82, 2.24) is 9.97 Å². The highest BCUT2D eigenvalue weighted by atomic mass is 32.1. The molecule has 168 valence electrons. The van der Waals surface area contributed by atoms with Gasteiger partial charge in [0, 0.05) is 30.4 Å². The molecule has 4 nitrogen and oxygen atoms in total. The number of benzene rings is 2. The minimum absolute atomic E-state index is 0.289. The van der Waals surface area contributed by atoms with Crippen molar-refractivity contribution in [2.45, 2.75) is 25.6 Å². The van der Waals surface area contributed by atoms with E-state index >= 15 is 0 Å². The highest BCUT2D eigenvalue weighted by Gasteiger charge is 2.29. The Morgan fingerprint density at radius 2 is 1.88 bits per heavy atom. The van der Waals surface area contributed by atoms with Crippen molar-refractivity contribution in [2.75, 3.05) is 11.9 Å². The van der Waals surface area contributed by atoms with Gasteiger partial charge in [0.25, 0.3) is 0 Å². The third kappa shape index (κ3) is 5.51. The fourth-order valence-corrected chi connectivity index (χ4v) is 4.37. The topological polar surface area (TPSA) is 63.8 Å². The van der Waals surface area contributed by atoms with Gasteiger partial charge in [-0.2, -0.15) is 13.2 Å². The molecule has 2 heterocycles. The van der Waals surface area contributed by atoms with Crippen molar-refractivity contribution >= 4 is 27.2 Å². The molecule has 2 aromatic carbocycles. The number of hydrogen-bond donors (Lipinski definition) is 2. The Morgan fingerprint density at radius 1 is 1.09 bits per heavy atom. The van der Waals surface area contributed by atoms with E-state index in [0.717, 1.165) is 38.9 Å². The van der Waals surface area contributed by atoms with Gasteiger partial charge in [-0.05, 0) is 60.0 Å². The van der Waals surface area contributed by atoms with E-state index in [-0.39, 0.29) is 6.04 Å². The summed E-state index contributed by atoms with van der Waals surface area (Å²) in [4.78, 5) is 9.72. The van der Waals surface area contributed by atoms with Crippen molar-refractivity contribution in [3.8, 4) is 22.3 Å². The van der Waals surface area contributed by atoms with Crippen LogP contribution in [0.5, 0.6) is 0 Å². The van der Waals surface area contributed by atoms with E-state index in [2.05, 4.69) is 33.2 Å². The number of nitrogens with zero attached hydrogens (tertiary/aromatic N) is 2. The monoisotopic (exact) mass is 466 g/mol. The van der Waals surface area contributed by atoms with Gasteiger partial charge in [-0.1, -0.05) is 41.5 Å². The largest absolute Gasteiger partial charge is 0.416 e. The van der Waals surface area contributed by atoms with Crippen molar-refractivity contribution in [3.63, 3.8) is 0 Å². The number of hydrogen-bond acceptors (Lipinski definition) is 5. The summed E-state index contributed by atoms with van der Waals surface area (Å²) in [5.74, 6) is 5.97. The summed E-state index contributed by atoms with van der Waals surface area (Å²) in [6.07, 6.45) is -0.310. The number of alkyl halides is 3. The number of anilines is 1. The standard InChI is InChI=1S/C25H21F3N4S/c1-2-3-22-23(18-6-7-19-14-30-11-10-17(19)13-18)33-24(32-22)31-15-21(29)12-16-4-8-20(9-5-16)25(26,27)28/h4-11,13-14,21H,12,15,29H2,1H3,(H,31,32). The Labute approximate surface area is 193 Å². The summed E-state index contributed by atoms with van der Waals surface area (Å²) in [5.41, 5.74) is 8.01. The third-order valence-corrected chi connectivity index (χ3v) is 6.13. The zero-order chi connectivity index (χ0) is 23.4. The molecule has 0 amide bonds. The molecule has 4 rings (SSSR count). The zero-order valence-corrected chi connectivity index (χ0v) is 18.6. The van der Waals surface area contributed by atoms with Crippen LogP contribution in [0, 0.1) is 11.8 Å². The summed E-state index contributed by atoms with van der Waals surface area (Å²) in [6, 6.07) is 12.9. The Balaban J connectivity index is 1.46. The molecule has 3 N–H and O–H groups in total. The van der Waals surface area contributed by atoms with Gasteiger partial charge in [-0.3, -0.25) is 4.98 Å². The summed E-state index contributed by atoms with van der Waals surface area (Å²) >= 11 is 1.49. The SMILES string of the molecule is CC#Cc1nc(NCC(N)Cc2ccc(C(F)(F)F)cc2)sc1-c1ccc2cnccc2c1. The molecule has 0 fully saturated rings. The lowest BCUT2D eigenvalue weighted by atomic mass is 10.0. The molecule has 0 spiro atoms. The molecule has 33 heavy (non-hydrogen) atoms. The average Bonchev–Trinajstić information content (AvgIpc) is 3.20. The van der Waals surface area contributed by atoms with Gasteiger partial charge in [-0.25, -0.2) is 4.98 Å². The highest BCUT2D eigenvalue weighted by Crippen LogP contribution is 2.34. The number of halogens is 3. The molecule has 0 radical (unpaired) electrons. The lowest BCUT2D eigenvalue weighted by molar-refractivity contribution is -0.137. The molecule has 0 aliphatic heterocycles. The van der Waals surface area contributed by atoms with Crippen molar-refractivity contribution in [3.05, 3.63) is 77.7 Å². The first-order chi connectivity index (χ1) is 15.8. The summed E-state index contributed by atoms with van der Waals surface area (Å²) in [6.45, 7) is 2.19. The molecule has 0 aliphatic carbocycles. The molecular weight excluding hydrogens is 445 g/mol. The minimum Gasteiger partial charge on any atom is -0.360 e. The van der Waals surface area contributed by atoms with Crippen molar-refractivity contribution in [2.24, 2.45) is 5.73 Å². The van der Waals surface area contributed by atoms with Gasteiger partial charge in [0.1, 0.15) is 5.69 Å². The number of rotatable bonds is 6. The zero-order valence-electron chi connectivity index (χ0n) is 17.8. The molecule has 0 saturated carbocycles. The van der Waals surface area contributed by atoms with Crippen LogP contribution < -0.4 is 11.1 Å². The van der Waals surface area contributed by atoms with Crippen LogP contribution >= 0.6 is 11.3 Å². The maximum absolute atomic E-state index is 12.7. The van der Waals surface area contributed by atoms with E-state index in [1.54, 1.807) is 13.1 Å². The Morgan fingerprint density at radius 3 is 2.61 bits per heavy atom. The van der Waals surface area contributed by atoms with Crippen LogP contribution in [-0.2, 0) is 12.6 Å². The van der Waals surface area contributed by atoms with Crippen LogP contribution in [0.25, 0.3) is 21.2 Å². The number of nitrogens with two attached hydrogens (primary N) is 1. The van der Waals surface area contributed by atoms with Crippen molar-refractivity contribution in [1.29, 1.82) is 0 Å². The second-order valence-corrected chi connectivity index (χ2v) is 8.55. The maximum atomic E-state index is 12.7. The fourth-order valence-electron chi connectivity index (χ4n) is 3.44.